The van der Waals surface area contributed by atoms with E-state index in [2.05, 4.69) is 15.9 Å². The van der Waals surface area contributed by atoms with Gasteiger partial charge in [-0.25, -0.2) is 4.79 Å². The van der Waals surface area contributed by atoms with Gasteiger partial charge in [-0.05, 0) is 52.4 Å². The van der Waals surface area contributed by atoms with Crippen LogP contribution in [0.4, 0.5) is 4.79 Å². The fraction of sp³-hybridized carbons (Fsp3) is 0.261. The molecule has 1 aromatic carbocycles. The van der Waals surface area contributed by atoms with Gasteiger partial charge in [-0.3, -0.25) is 19.2 Å². The van der Waals surface area contributed by atoms with Crippen molar-refractivity contribution in [2.45, 2.75) is 18.8 Å². The number of ketones is 2. The fourth-order valence-electron chi connectivity index (χ4n) is 5.51. The Labute approximate surface area is 190 Å². The van der Waals surface area contributed by atoms with Gasteiger partial charge in [-0.1, -0.05) is 23.8 Å². The topological polar surface area (TPSA) is 135 Å². The first-order valence-corrected chi connectivity index (χ1v) is 10.9. The van der Waals surface area contributed by atoms with Gasteiger partial charge in [0.2, 0.25) is 11.8 Å². The average molecular weight is 497 g/mol. The fourth-order valence-corrected chi connectivity index (χ4v) is 5.95. The summed E-state index contributed by atoms with van der Waals surface area (Å²) in [7, 11) is 0. The number of allylic oxidation sites excluding steroid dienone is 6. The molecule has 9 heteroatoms. The monoisotopic (exact) mass is 496 g/mol. The second kappa shape index (κ2) is 7.09. The number of hydrogen-bond donors (Lipinski definition) is 2. The van der Waals surface area contributed by atoms with Crippen LogP contribution in [-0.4, -0.2) is 39.4 Å². The number of phenols is 1. The number of imide groups is 3. The van der Waals surface area contributed by atoms with Crippen LogP contribution in [0.15, 0.2) is 57.6 Å². The van der Waals surface area contributed by atoms with Gasteiger partial charge in [0, 0.05) is 23.1 Å². The van der Waals surface area contributed by atoms with E-state index in [4.69, 9.17) is 5.73 Å². The molecule has 1 fully saturated rings. The number of nitrogens with zero attached hydrogens (tertiary/aromatic N) is 1. The van der Waals surface area contributed by atoms with Crippen LogP contribution in [0.25, 0.3) is 0 Å². The van der Waals surface area contributed by atoms with E-state index in [-0.39, 0.29) is 40.2 Å². The summed E-state index contributed by atoms with van der Waals surface area (Å²) in [5, 5.41) is 10.1. The van der Waals surface area contributed by atoms with E-state index in [1.165, 1.54) is 18.2 Å². The third-order valence-corrected chi connectivity index (χ3v) is 7.34. The molecule has 3 aliphatic carbocycles. The number of aromatic hydroxyl groups is 1. The van der Waals surface area contributed by atoms with Gasteiger partial charge in [0.15, 0.2) is 11.6 Å². The molecule has 8 nitrogen and oxygen atoms in total. The molecule has 0 unspecified atom stereocenters. The van der Waals surface area contributed by atoms with Gasteiger partial charge in [-0.2, -0.15) is 4.90 Å². The number of amides is 4. The van der Waals surface area contributed by atoms with Crippen LogP contribution in [0.3, 0.4) is 0 Å². The summed E-state index contributed by atoms with van der Waals surface area (Å²) < 4.78 is 0.128. The van der Waals surface area contributed by atoms with E-state index >= 15 is 0 Å². The van der Waals surface area contributed by atoms with Gasteiger partial charge in [-0.15, -0.1) is 0 Å². The third kappa shape index (κ3) is 2.77. The van der Waals surface area contributed by atoms with E-state index in [0.717, 1.165) is 5.57 Å². The molecule has 1 saturated heterocycles. The predicted octanol–water partition coefficient (Wildman–Crippen LogP) is 2.23. The summed E-state index contributed by atoms with van der Waals surface area (Å²) in [4.78, 5) is 64.0. The van der Waals surface area contributed by atoms with E-state index < -0.39 is 41.5 Å². The summed E-state index contributed by atoms with van der Waals surface area (Å²) in [5.74, 6) is -4.80. The lowest BCUT2D eigenvalue weighted by molar-refractivity contribution is -0.136. The van der Waals surface area contributed by atoms with Crippen LogP contribution in [-0.2, 0) is 19.2 Å². The largest absolute Gasteiger partial charge is 0.508 e. The van der Waals surface area contributed by atoms with Gasteiger partial charge in [0.1, 0.15) is 5.75 Å². The minimum atomic E-state index is -1.12. The second-order valence-electron chi connectivity index (χ2n) is 8.34. The number of Topliss-reactive ketones (excluding diaryl/α,β-unsaturated/α-hetero) is 1. The van der Waals surface area contributed by atoms with Crippen molar-refractivity contribution in [1.29, 1.82) is 0 Å². The number of hydrogen-bond acceptors (Lipinski definition) is 6. The molecule has 0 saturated carbocycles. The van der Waals surface area contributed by atoms with Crippen LogP contribution in [0.1, 0.15) is 24.3 Å². The summed E-state index contributed by atoms with van der Waals surface area (Å²) in [6, 6.07) is 5.28. The number of phenolic OH excluding ortho intramolecular Hbond substituents is 1. The highest BCUT2D eigenvalue weighted by atomic mass is 79.9. The Bertz CT molecular complexity index is 1240. The normalized spacial score (nSPS) is 29.3. The number of primary amides is 1. The molecule has 3 N–H and O–H groups in total. The number of nitrogens with two attached hydrogens (primary N) is 1. The summed E-state index contributed by atoms with van der Waals surface area (Å²) >= 11 is 3.15. The molecule has 162 valence electrons. The standard InChI is InChI=1S/C23H17BrN2O6/c24-15-8-16(28)19-14(20(15)29)7-13-11(17(19)9-2-1-3-10(27)6-9)4-5-12-18(13)22(31)26(21(12)30)23(25)32/h1-4,6,8,12-13,17-18,27H,5,7H2,(H2,25,32)/t12-,13+,17-,18-/m0/s1. The van der Waals surface area contributed by atoms with E-state index in [9.17, 15) is 29.1 Å². The molecule has 1 aromatic rings. The Kier molecular flexibility index (Phi) is 4.56. The van der Waals surface area contributed by atoms with Crippen molar-refractivity contribution < 1.29 is 29.1 Å². The first-order valence-electron chi connectivity index (χ1n) is 10.1. The Balaban J connectivity index is 1.70. The highest BCUT2D eigenvalue weighted by Crippen LogP contribution is 2.55. The lowest BCUT2D eigenvalue weighted by atomic mass is 9.59. The number of fused-ring (bicyclic) bond motifs is 3. The zero-order valence-electron chi connectivity index (χ0n) is 16.6. The predicted molar refractivity (Wildman–Crippen MR) is 114 cm³/mol. The van der Waals surface area contributed by atoms with Crippen molar-refractivity contribution in [3.05, 3.63) is 63.2 Å². The van der Waals surface area contributed by atoms with Gasteiger partial charge >= 0.3 is 6.03 Å². The maximum Gasteiger partial charge on any atom is 0.328 e. The van der Waals surface area contributed by atoms with Crippen LogP contribution < -0.4 is 5.73 Å². The number of rotatable bonds is 1. The van der Waals surface area contributed by atoms with E-state index in [1.807, 2.05) is 6.08 Å². The summed E-state index contributed by atoms with van der Waals surface area (Å²) in [5.41, 5.74) is 7.20. The molecular formula is C23H17BrN2O6. The molecule has 4 atom stereocenters. The third-order valence-electron chi connectivity index (χ3n) is 6.76. The summed E-state index contributed by atoms with van der Waals surface area (Å²) in [6.07, 6.45) is 3.37. The van der Waals surface area contributed by atoms with E-state index in [0.29, 0.717) is 16.0 Å². The molecule has 1 aliphatic heterocycles. The zero-order valence-corrected chi connectivity index (χ0v) is 18.2. The maximum atomic E-state index is 13.1. The van der Waals surface area contributed by atoms with Crippen LogP contribution >= 0.6 is 15.9 Å². The van der Waals surface area contributed by atoms with Crippen molar-refractivity contribution in [1.82, 2.24) is 4.90 Å². The minimum absolute atomic E-state index is 0.000564. The molecule has 5 rings (SSSR count). The molecule has 4 aliphatic rings. The molecular weight excluding hydrogens is 480 g/mol. The molecule has 1 heterocycles. The van der Waals surface area contributed by atoms with Gasteiger partial charge in [0.05, 0.1) is 16.3 Å². The first kappa shape index (κ1) is 20.6. The van der Waals surface area contributed by atoms with Crippen LogP contribution in [0, 0.1) is 17.8 Å². The van der Waals surface area contributed by atoms with Crippen LogP contribution in [0.5, 0.6) is 5.75 Å². The number of likely N-dealkylation sites (tertiary alicyclic amines) is 1. The number of carbonyl (C=O) groups excluding carboxylic acids is 5. The highest BCUT2D eigenvalue weighted by molar-refractivity contribution is 9.12. The van der Waals surface area contributed by atoms with Crippen LogP contribution in [0.2, 0.25) is 0 Å². The quantitative estimate of drug-likeness (QED) is 0.347. The lowest BCUT2D eigenvalue weighted by Gasteiger charge is -2.42. The van der Waals surface area contributed by atoms with Crippen molar-refractivity contribution >= 4 is 45.3 Å². The zero-order chi connectivity index (χ0) is 22.9. The Morgan fingerprint density at radius 3 is 2.56 bits per heavy atom. The Hall–Kier alpha value is -3.33. The second-order valence-corrected chi connectivity index (χ2v) is 9.19. The molecule has 0 radical (unpaired) electrons. The smallest absolute Gasteiger partial charge is 0.328 e. The summed E-state index contributed by atoms with van der Waals surface area (Å²) in [6.45, 7) is 0. The number of halogens is 1. The molecule has 0 bridgehead atoms. The number of benzene rings is 1. The first-order chi connectivity index (χ1) is 15.2. The maximum absolute atomic E-state index is 13.1. The van der Waals surface area contributed by atoms with Crippen molar-refractivity contribution in [2.24, 2.45) is 23.5 Å². The molecule has 4 amide bonds. The van der Waals surface area contributed by atoms with Crippen molar-refractivity contribution in [2.75, 3.05) is 0 Å². The van der Waals surface area contributed by atoms with Gasteiger partial charge < -0.3 is 10.8 Å². The molecule has 32 heavy (non-hydrogen) atoms. The Morgan fingerprint density at radius 1 is 1.12 bits per heavy atom. The average Bonchev–Trinajstić information content (AvgIpc) is 3.01. The molecule has 0 spiro atoms. The molecule has 0 aromatic heterocycles. The SMILES string of the molecule is NC(=O)N1C(=O)[C@H]2[C@H](CC=C3[C@H](c4cccc(O)c4)C4=C(C[C@H]32)C(=O)C(Br)=CC4=O)C1=O. The Morgan fingerprint density at radius 2 is 1.88 bits per heavy atom. The lowest BCUT2D eigenvalue weighted by Crippen LogP contribution is -2.42. The number of carbonyl (C=O) groups is 5. The highest BCUT2D eigenvalue weighted by Gasteiger charge is 2.57. The number of urea groups is 1. The van der Waals surface area contributed by atoms with Gasteiger partial charge in [0.25, 0.3) is 0 Å². The van der Waals surface area contributed by atoms with Crippen molar-refractivity contribution in [3.63, 3.8) is 0 Å². The van der Waals surface area contributed by atoms with Crippen molar-refractivity contribution in [3.8, 4) is 5.75 Å². The van der Waals surface area contributed by atoms with E-state index in [1.54, 1.807) is 12.1 Å². The minimum Gasteiger partial charge on any atom is -0.508 e.